The molecule has 1 aliphatic heterocycles. The van der Waals surface area contributed by atoms with Gasteiger partial charge in [-0.05, 0) is 43.2 Å². The first-order valence-corrected chi connectivity index (χ1v) is 10.0. The molecule has 0 saturated carbocycles. The van der Waals surface area contributed by atoms with Gasteiger partial charge in [0.25, 0.3) is 0 Å². The number of benzene rings is 1. The largest absolute Gasteiger partial charge is 0.391 e. The Morgan fingerprint density at radius 1 is 1.10 bits per heavy atom. The summed E-state index contributed by atoms with van der Waals surface area (Å²) in [4.78, 5) is 32.2. The van der Waals surface area contributed by atoms with Gasteiger partial charge in [-0.1, -0.05) is 12.1 Å². The SMILES string of the molecule is Cc1cncc(-c2ccc(N3CCN(C(=O)N[C@H](C(=O)CO)[C@@H](C)O)CC3)cc2)c1. The van der Waals surface area contributed by atoms with Crippen molar-refractivity contribution in [3.05, 3.63) is 48.3 Å². The smallest absolute Gasteiger partial charge is 0.318 e. The van der Waals surface area contributed by atoms with Crippen LogP contribution in [0.15, 0.2) is 42.7 Å². The van der Waals surface area contributed by atoms with Crippen LogP contribution in [-0.4, -0.2) is 76.8 Å². The van der Waals surface area contributed by atoms with Gasteiger partial charge in [-0.25, -0.2) is 4.79 Å². The number of urea groups is 1. The number of hydrogen-bond acceptors (Lipinski definition) is 6. The minimum atomic E-state index is -1.11. The summed E-state index contributed by atoms with van der Waals surface area (Å²) in [5.41, 5.74) is 4.38. The number of nitrogens with one attached hydrogen (secondary N) is 1. The Balaban J connectivity index is 1.57. The molecule has 8 heteroatoms. The number of aliphatic hydroxyl groups is 2. The fourth-order valence-corrected chi connectivity index (χ4v) is 3.54. The lowest BCUT2D eigenvalue weighted by molar-refractivity contribution is -0.125. The number of aromatic nitrogens is 1. The van der Waals surface area contributed by atoms with Crippen LogP contribution >= 0.6 is 0 Å². The normalized spacial score (nSPS) is 16.1. The number of aryl methyl sites for hydroxylation is 1. The standard InChI is InChI=1S/C22H28N4O4/c1-15-11-18(13-23-12-15)17-3-5-19(6-4-17)25-7-9-26(10-8-25)22(30)24-21(16(2)28)20(29)14-27/h3-6,11-13,16,21,27-28H,7-10,14H2,1-2H3,(H,24,30)/t16-,21+/m1/s1. The summed E-state index contributed by atoms with van der Waals surface area (Å²) in [5.74, 6) is -0.610. The molecule has 1 aliphatic rings. The second-order valence-corrected chi connectivity index (χ2v) is 7.56. The summed E-state index contributed by atoms with van der Waals surface area (Å²) in [6.45, 7) is 5.01. The van der Waals surface area contributed by atoms with E-state index in [1.165, 1.54) is 6.92 Å². The second-order valence-electron chi connectivity index (χ2n) is 7.56. The molecule has 3 N–H and O–H groups in total. The van der Waals surface area contributed by atoms with E-state index < -0.39 is 30.6 Å². The summed E-state index contributed by atoms with van der Waals surface area (Å²) in [7, 11) is 0. The molecule has 30 heavy (non-hydrogen) atoms. The number of carbonyl (C=O) groups excluding carboxylic acids is 2. The lowest BCUT2D eigenvalue weighted by atomic mass is 10.1. The number of rotatable bonds is 6. The van der Waals surface area contributed by atoms with Crippen molar-refractivity contribution in [2.75, 3.05) is 37.7 Å². The highest BCUT2D eigenvalue weighted by molar-refractivity contribution is 5.89. The molecule has 2 amide bonds. The van der Waals surface area contributed by atoms with Gasteiger partial charge in [0.15, 0.2) is 5.78 Å². The highest BCUT2D eigenvalue weighted by Crippen LogP contribution is 2.24. The summed E-state index contributed by atoms with van der Waals surface area (Å²) in [6, 6.07) is 8.85. The molecule has 2 atom stereocenters. The number of ketones is 1. The molecule has 0 radical (unpaired) electrons. The predicted octanol–water partition coefficient (Wildman–Crippen LogP) is 1.20. The van der Waals surface area contributed by atoms with Crippen LogP contribution in [-0.2, 0) is 4.79 Å². The van der Waals surface area contributed by atoms with Gasteiger partial charge in [-0.2, -0.15) is 0 Å². The maximum absolute atomic E-state index is 12.5. The van der Waals surface area contributed by atoms with E-state index in [2.05, 4.69) is 45.5 Å². The van der Waals surface area contributed by atoms with Gasteiger partial charge >= 0.3 is 6.03 Å². The number of nitrogens with zero attached hydrogens (tertiary/aromatic N) is 3. The average Bonchev–Trinajstić information content (AvgIpc) is 2.77. The molecule has 0 bridgehead atoms. The zero-order valence-corrected chi connectivity index (χ0v) is 17.3. The third kappa shape index (κ3) is 5.14. The molecule has 2 heterocycles. The number of Topliss-reactive ketones (excluding diaryl/α,β-unsaturated/α-hetero) is 1. The van der Waals surface area contributed by atoms with E-state index in [1.807, 2.05) is 19.3 Å². The summed E-state index contributed by atoms with van der Waals surface area (Å²) < 4.78 is 0. The fourth-order valence-electron chi connectivity index (χ4n) is 3.54. The molecule has 3 rings (SSSR count). The molecule has 1 aromatic carbocycles. The molecule has 8 nitrogen and oxygen atoms in total. The van der Waals surface area contributed by atoms with Crippen molar-refractivity contribution < 1.29 is 19.8 Å². The van der Waals surface area contributed by atoms with Gasteiger partial charge in [-0.15, -0.1) is 0 Å². The lowest BCUT2D eigenvalue weighted by Crippen LogP contribution is -2.57. The van der Waals surface area contributed by atoms with Crippen LogP contribution in [0, 0.1) is 6.92 Å². The molecular formula is C22H28N4O4. The van der Waals surface area contributed by atoms with E-state index in [4.69, 9.17) is 5.11 Å². The molecule has 0 spiro atoms. The summed E-state index contributed by atoms with van der Waals surface area (Å²) in [6.07, 6.45) is 2.61. The Hall–Kier alpha value is -2.97. The molecular weight excluding hydrogens is 384 g/mol. The summed E-state index contributed by atoms with van der Waals surface area (Å²) >= 11 is 0. The monoisotopic (exact) mass is 412 g/mol. The maximum Gasteiger partial charge on any atom is 0.318 e. The van der Waals surface area contributed by atoms with E-state index in [0.717, 1.165) is 22.4 Å². The Morgan fingerprint density at radius 3 is 2.33 bits per heavy atom. The Morgan fingerprint density at radius 2 is 1.77 bits per heavy atom. The van der Waals surface area contributed by atoms with Crippen molar-refractivity contribution in [1.29, 1.82) is 0 Å². The third-order valence-corrected chi connectivity index (χ3v) is 5.27. The fraction of sp³-hybridized carbons (Fsp3) is 0.409. The number of amides is 2. The van der Waals surface area contributed by atoms with Crippen LogP contribution in [0.1, 0.15) is 12.5 Å². The quantitative estimate of drug-likeness (QED) is 0.658. The van der Waals surface area contributed by atoms with Crippen LogP contribution in [0.25, 0.3) is 11.1 Å². The van der Waals surface area contributed by atoms with Crippen LogP contribution in [0.5, 0.6) is 0 Å². The van der Waals surface area contributed by atoms with Crippen LogP contribution < -0.4 is 10.2 Å². The number of hydrogen-bond donors (Lipinski definition) is 3. The van der Waals surface area contributed by atoms with E-state index in [1.54, 1.807) is 4.90 Å². The van der Waals surface area contributed by atoms with E-state index in [0.29, 0.717) is 26.2 Å². The number of aliphatic hydroxyl groups excluding tert-OH is 2. The van der Waals surface area contributed by atoms with E-state index in [-0.39, 0.29) is 0 Å². The van der Waals surface area contributed by atoms with Gasteiger partial charge in [0.2, 0.25) is 0 Å². The Bertz CT molecular complexity index is 877. The minimum Gasteiger partial charge on any atom is -0.391 e. The number of pyridine rings is 1. The van der Waals surface area contributed by atoms with E-state index >= 15 is 0 Å². The van der Waals surface area contributed by atoms with Gasteiger partial charge < -0.3 is 25.3 Å². The van der Waals surface area contributed by atoms with Crippen molar-refractivity contribution in [2.24, 2.45) is 0 Å². The van der Waals surface area contributed by atoms with Gasteiger partial charge in [0.1, 0.15) is 12.6 Å². The molecule has 0 aliphatic carbocycles. The highest BCUT2D eigenvalue weighted by Gasteiger charge is 2.28. The molecule has 1 aromatic heterocycles. The first kappa shape index (κ1) is 21.7. The topological polar surface area (TPSA) is 106 Å². The molecule has 2 aromatic rings. The van der Waals surface area contributed by atoms with Crippen LogP contribution in [0.4, 0.5) is 10.5 Å². The van der Waals surface area contributed by atoms with E-state index in [9.17, 15) is 14.7 Å². The molecule has 1 saturated heterocycles. The van der Waals surface area contributed by atoms with Crippen molar-refractivity contribution in [3.8, 4) is 11.1 Å². The summed E-state index contributed by atoms with van der Waals surface area (Å²) in [5, 5.41) is 21.2. The van der Waals surface area contributed by atoms with Crippen molar-refractivity contribution in [3.63, 3.8) is 0 Å². The molecule has 0 unspecified atom stereocenters. The van der Waals surface area contributed by atoms with Crippen molar-refractivity contribution in [2.45, 2.75) is 26.0 Å². The van der Waals surface area contributed by atoms with Gasteiger partial charge in [0, 0.05) is 49.8 Å². The Labute approximate surface area is 176 Å². The number of anilines is 1. The molecule has 1 fully saturated rings. The zero-order chi connectivity index (χ0) is 21.7. The molecule has 160 valence electrons. The third-order valence-electron chi connectivity index (χ3n) is 5.27. The zero-order valence-electron chi connectivity index (χ0n) is 17.3. The predicted molar refractivity (Wildman–Crippen MR) is 114 cm³/mol. The first-order valence-electron chi connectivity index (χ1n) is 10.0. The van der Waals surface area contributed by atoms with Crippen molar-refractivity contribution in [1.82, 2.24) is 15.2 Å². The van der Waals surface area contributed by atoms with Gasteiger partial charge in [0.05, 0.1) is 6.10 Å². The second kappa shape index (κ2) is 9.69. The average molecular weight is 412 g/mol. The lowest BCUT2D eigenvalue weighted by Gasteiger charge is -2.37. The Kier molecular flexibility index (Phi) is 7.02. The minimum absolute atomic E-state index is 0.412. The van der Waals surface area contributed by atoms with Crippen molar-refractivity contribution >= 4 is 17.5 Å². The van der Waals surface area contributed by atoms with Gasteiger partial charge in [-0.3, -0.25) is 9.78 Å². The van der Waals surface area contributed by atoms with Crippen LogP contribution in [0.3, 0.4) is 0 Å². The van der Waals surface area contributed by atoms with Crippen LogP contribution in [0.2, 0.25) is 0 Å². The number of carbonyl (C=O) groups is 2. The first-order chi connectivity index (χ1) is 14.4. The maximum atomic E-state index is 12.5. The number of piperazine rings is 1. The highest BCUT2D eigenvalue weighted by atomic mass is 16.3.